The molecule has 0 unspecified atom stereocenters. The molecule has 2 aromatic heterocycles. The second-order valence-electron chi connectivity index (χ2n) is 8.47. The maximum atomic E-state index is 6.31. The number of benzene rings is 2. The molecule has 2 aromatic carbocycles. The van der Waals surface area contributed by atoms with E-state index in [4.69, 9.17) is 16.6 Å². The van der Waals surface area contributed by atoms with Gasteiger partial charge in [0.05, 0.1) is 16.7 Å². The molecule has 0 radical (unpaired) electrons. The zero-order valence-electron chi connectivity index (χ0n) is 17.7. The predicted molar refractivity (Wildman–Crippen MR) is 128 cm³/mol. The van der Waals surface area contributed by atoms with E-state index in [0.717, 1.165) is 18.5 Å². The van der Waals surface area contributed by atoms with Crippen molar-refractivity contribution in [3.63, 3.8) is 0 Å². The molecule has 2 heterocycles. The molecule has 0 atom stereocenters. The molecule has 0 amide bonds. The average Bonchev–Trinajstić information content (AvgIpc) is 3.14. The zero-order valence-corrected chi connectivity index (χ0v) is 18.5. The molecular formula is C27H29ClN2. The van der Waals surface area contributed by atoms with Crippen LogP contribution in [0.15, 0.2) is 54.6 Å². The van der Waals surface area contributed by atoms with Crippen LogP contribution in [0.25, 0.3) is 27.7 Å². The van der Waals surface area contributed by atoms with Gasteiger partial charge < -0.3 is 0 Å². The highest BCUT2D eigenvalue weighted by Gasteiger charge is 2.26. The highest BCUT2D eigenvalue weighted by Crippen LogP contribution is 2.40. The van der Waals surface area contributed by atoms with Gasteiger partial charge in [0.25, 0.3) is 0 Å². The Bertz CT molecular complexity index is 1170. The van der Waals surface area contributed by atoms with E-state index in [9.17, 15) is 0 Å². The van der Waals surface area contributed by atoms with Crippen LogP contribution in [0.2, 0.25) is 0 Å². The molecule has 0 aliphatic heterocycles. The number of aryl methyl sites for hydroxylation is 2. The molecule has 0 bridgehead atoms. The van der Waals surface area contributed by atoms with Crippen molar-refractivity contribution in [1.29, 1.82) is 0 Å². The molecule has 4 aromatic rings. The molecule has 0 N–H and O–H groups in total. The molecule has 154 valence electrons. The van der Waals surface area contributed by atoms with E-state index in [0.29, 0.717) is 11.8 Å². The Morgan fingerprint density at radius 2 is 1.67 bits per heavy atom. The van der Waals surface area contributed by atoms with Gasteiger partial charge in [-0.05, 0) is 37.3 Å². The van der Waals surface area contributed by atoms with E-state index < -0.39 is 0 Å². The first kappa shape index (κ1) is 19.6. The van der Waals surface area contributed by atoms with Gasteiger partial charge in [-0.15, -0.1) is 11.6 Å². The summed E-state index contributed by atoms with van der Waals surface area (Å²) in [5.74, 6) is 2.40. The van der Waals surface area contributed by atoms with Crippen LogP contribution in [-0.4, -0.2) is 15.3 Å². The van der Waals surface area contributed by atoms with Crippen LogP contribution >= 0.6 is 11.6 Å². The van der Waals surface area contributed by atoms with Crippen molar-refractivity contribution in [2.45, 2.75) is 57.8 Å². The highest BCUT2D eigenvalue weighted by molar-refractivity contribution is 6.18. The summed E-state index contributed by atoms with van der Waals surface area (Å²) in [6.07, 6.45) is 8.27. The van der Waals surface area contributed by atoms with Crippen molar-refractivity contribution in [2.75, 3.05) is 5.88 Å². The summed E-state index contributed by atoms with van der Waals surface area (Å²) in [6, 6.07) is 19.5. The normalized spacial score (nSPS) is 15.3. The van der Waals surface area contributed by atoms with Crippen molar-refractivity contribution >= 4 is 28.0 Å². The molecule has 1 fully saturated rings. The van der Waals surface area contributed by atoms with Crippen molar-refractivity contribution in [3.05, 3.63) is 71.5 Å². The third-order valence-electron chi connectivity index (χ3n) is 6.72. The number of nitrogens with zero attached hydrogens (tertiary/aromatic N) is 2. The van der Waals surface area contributed by atoms with E-state index in [1.54, 1.807) is 0 Å². The Kier molecular flexibility index (Phi) is 5.52. The number of hydrogen-bond acceptors (Lipinski definition) is 1. The number of para-hydroxylation sites is 1. The number of aromatic nitrogens is 2. The second-order valence-corrected chi connectivity index (χ2v) is 8.85. The largest absolute Gasteiger partial charge is 0.297 e. The van der Waals surface area contributed by atoms with Crippen LogP contribution in [-0.2, 0) is 12.8 Å². The summed E-state index contributed by atoms with van der Waals surface area (Å²) in [5.41, 5.74) is 7.75. The standard InChI is InChI=1S/C27H29ClN2/c1-2-21-25(19-11-5-3-6-12-19)29-27(20-13-7-4-8-14-20)30-24-16-10-9-15-22(24)23(17-18-28)26(21)30/h3,5-6,9-12,15-16,20H,2,4,7-8,13-14,17-18H2,1H3. The Morgan fingerprint density at radius 3 is 2.40 bits per heavy atom. The summed E-state index contributed by atoms with van der Waals surface area (Å²) in [6.45, 7) is 2.26. The predicted octanol–water partition coefficient (Wildman–Crippen LogP) is 7.55. The first-order valence-electron chi connectivity index (χ1n) is 11.4. The van der Waals surface area contributed by atoms with Crippen molar-refractivity contribution in [3.8, 4) is 11.3 Å². The molecular weight excluding hydrogens is 388 g/mol. The fourth-order valence-corrected chi connectivity index (χ4v) is 5.55. The maximum absolute atomic E-state index is 6.31. The van der Waals surface area contributed by atoms with Gasteiger partial charge in [0, 0.05) is 28.3 Å². The van der Waals surface area contributed by atoms with Gasteiger partial charge >= 0.3 is 0 Å². The monoisotopic (exact) mass is 416 g/mol. The lowest BCUT2D eigenvalue weighted by Gasteiger charge is -2.25. The minimum atomic E-state index is 0.522. The van der Waals surface area contributed by atoms with Crippen LogP contribution in [0, 0.1) is 0 Å². The van der Waals surface area contributed by atoms with Crippen molar-refractivity contribution in [1.82, 2.24) is 9.38 Å². The highest BCUT2D eigenvalue weighted by atomic mass is 35.5. The van der Waals surface area contributed by atoms with Crippen LogP contribution in [0.4, 0.5) is 0 Å². The molecule has 2 nitrogen and oxygen atoms in total. The van der Waals surface area contributed by atoms with E-state index in [1.165, 1.54) is 71.0 Å². The van der Waals surface area contributed by atoms with Crippen molar-refractivity contribution in [2.24, 2.45) is 0 Å². The minimum Gasteiger partial charge on any atom is -0.297 e. The van der Waals surface area contributed by atoms with Crippen LogP contribution < -0.4 is 0 Å². The van der Waals surface area contributed by atoms with Gasteiger partial charge in [-0.3, -0.25) is 4.40 Å². The van der Waals surface area contributed by atoms with Gasteiger partial charge in [-0.2, -0.15) is 0 Å². The quantitative estimate of drug-likeness (QED) is 0.307. The second kappa shape index (κ2) is 8.43. The van der Waals surface area contributed by atoms with Gasteiger partial charge in [-0.25, -0.2) is 4.98 Å². The molecule has 5 rings (SSSR count). The SMILES string of the molecule is CCc1c(-c2ccccc2)nc(C2CCCCC2)n2c1c(CCCl)c1ccccc12. The molecule has 1 aliphatic carbocycles. The fraction of sp³-hybridized carbons (Fsp3) is 0.370. The summed E-state index contributed by atoms with van der Waals surface area (Å²) in [7, 11) is 0. The van der Waals surface area contributed by atoms with E-state index in [-0.39, 0.29) is 0 Å². The molecule has 30 heavy (non-hydrogen) atoms. The Labute approximate surface area is 183 Å². The summed E-state index contributed by atoms with van der Waals surface area (Å²) >= 11 is 6.31. The first-order valence-corrected chi connectivity index (χ1v) is 11.9. The van der Waals surface area contributed by atoms with Gasteiger partial charge in [0.2, 0.25) is 0 Å². The molecule has 0 spiro atoms. The van der Waals surface area contributed by atoms with Crippen LogP contribution in [0.3, 0.4) is 0 Å². The summed E-state index contributed by atoms with van der Waals surface area (Å²) < 4.78 is 2.50. The average molecular weight is 417 g/mol. The Morgan fingerprint density at radius 1 is 0.933 bits per heavy atom. The summed E-state index contributed by atoms with van der Waals surface area (Å²) in [5, 5.41) is 1.33. The first-order chi connectivity index (χ1) is 14.8. The minimum absolute atomic E-state index is 0.522. The van der Waals surface area contributed by atoms with Gasteiger partial charge in [-0.1, -0.05) is 74.7 Å². The number of alkyl halides is 1. The number of hydrogen-bond donors (Lipinski definition) is 0. The lowest BCUT2D eigenvalue weighted by molar-refractivity contribution is 0.427. The van der Waals surface area contributed by atoms with Gasteiger partial charge in [0.1, 0.15) is 5.82 Å². The maximum Gasteiger partial charge on any atom is 0.117 e. The third kappa shape index (κ3) is 3.22. The molecule has 1 aliphatic rings. The Balaban J connectivity index is 1.92. The number of fused-ring (bicyclic) bond motifs is 3. The molecule has 1 saturated carbocycles. The lowest BCUT2D eigenvalue weighted by Crippen LogP contribution is -2.14. The lowest BCUT2D eigenvalue weighted by atomic mass is 9.88. The fourth-order valence-electron chi connectivity index (χ4n) is 5.36. The summed E-state index contributed by atoms with van der Waals surface area (Å²) in [4.78, 5) is 5.42. The molecule has 0 saturated heterocycles. The topological polar surface area (TPSA) is 17.3 Å². The molecule has 3 heteroatoms. The Hall–Kier alpha value is -2.32. The third-order valence-corrected chi connectivity index (χ3v) is 6.91. The van der Waals surface area contributed by atoms with Crippen LogP contribution in [0.5, 0.6) is 0 Å². The van der Waals surface area contributed by atoms with Crippen LogP contribution in [0.1, 0.15) is 61.9 Å². The van der Waals surface area contributed by atoms with E-state index in [2.05, 4.69) is 65.9 Å². The van der Waals surface area contributed by atoms with E-state index in [1.807, 2.05) is 0 Å². The van der Waals surface area contributed by atoms with E-state index >= 15 is 0 Å². The van der Waals surface area contributed by atoms with Crippen molar-refractivity contribution < 1.29 is 0 Å². The zero-order chi connectivity index (χ0) is 20.5. The number of halogens is 1. The van der Waals surface area contributed by atoms with Gasteiger partial charge in [0.15, 0.2) is 0 Å². The number of rotatable bonds is 5. The smallest absolute Gasteiger partial charge is 0.117 e.